The standard InChI is InChI=1S/C15H22N2O4S/c1-9(2)16-15(22)17-13(18)8-10-6-11(19-3)14(21-5)12(7-10)20-4/h6-7,9H,8H2,1-5H3,(H2,16,17,18,22). The van der Waals surface area contributed by atoms with Gasteiger partial charge in [0.05, 0.1) is 27.8 Å². The SMILES string of the molecule is COc1cc(CC(=O)NC(=S)NC(C)C)cc(OC)c1OC. The molecule has 1 aromatic rings. The fourth-order valence-electron chi connectivity index (χ4n) is 1.89. The number of methoxy groups -OCH3 is 3. The van der Waals surface area contributed by atoms with Gasteiger partial charge in [-0.15, -0.1) is 0 Å². The van der Waals surface area contributed by atoms with E-state index in [2.05, 4.69) is 10.6 Å². The van der Waals surface area contributed by atoms with Crippen molar-refractivity contribution in [2.24, 2.45) is 0 Å². The zero-order valence-corrected chi connectivity index (χ0v) is 14.3. The molecular formula is C15H22N2O4S. The smallest absolute Gasteiger partial charge is 0.230 e. The van der Waals surface area contributed by atoms with Gasteiger partial charge in [0.2, 0.25) is 11.7 Å². The van der Waals surface area contributed by atoms with Crippen LogP contribution < -0.4 is 24.8 Å². The predicted octanol–water partition coefficient (Wildman–Crippen LogP) is 1.65. The molecule has 22 heavy (non-hydrogen) atoms. The van der Waals surface area contributed by atoms with Gasteiger partial charge in [0.15, 0.2) is 16.6 Å². The van der Waals surface area contributed by atoms with E-state index in [0.717, 1.165) is 5.56 Å². The summed E-state index contributed by atoms with van der Waals surface area (Å²) >= 11 is 5.05. The number of ether oxygens (including phenoxy) is 3. The Hall–Kier alpha value is -2.02. The maximum atomic E-state index is 12.0. The lowest BCUT2D eigenvalue weighted by atomic mass is 10.1. The molecule has 0 heterocycles. The van der Waals surface area contributed by atoms with E-state index in [-0.39, 0.29) is 18.4 Å². The van der Waals surface area contributed by atoms with Crippen molar-refractivity contribution in [1.29, 1.82) is 0 Å². The third-order valence-electron chi connectivity index (χ3n) is 2.76. The molecule has 0 radical (unpaired) electrons. The number of nitrogens with one attached hydrogen (secondary N) is 2. The zero-order valence-electron chi connectivity index (χ0n) is 13.5. The van der Waals surface area contributed by atoms with Crippen LogP contribution in [0, 0.1) is 0 Å². The summed E-state index contributed by atoms with van der Waals surface area (Å²) in [6.45, 7) is 3.88. The third-order valence-corrected chi connectivity index (χ3v) is 2.98. The van der Waals surface area contributed by atoms with Gasteiger partial charge < -0.3 is 24.8 Å². The van der Waals surface area contributed by atoms with Crippen LogP contribution in [-0.4, -0.2) is 38.4 Å². The van der Waals surface area contributed by atoms with Gasteiger partial charge in [0.1, 0.15) is 0 Å². The molecule has 1 rings (SSSR count). The Morgan fingerprint density at radius 1 is 1.14 bits per heavy atom. The van der Waals surface area contributed by atoms with Crippen molar-refractivity contribution in [1.82, 2.24) is 10.6 Å². The average Bonchev–Trinajstić information content (AvgIpc) is 2.44. The van der Waals surface area contributed by atoms with Crippen LogP contribution in [0.5, 0.6) is 17.2 Å². The van der Waals surface area contributed by atoms with Crippen LogP contribution in [0.25, 0.3) is 0 Å². The highest BCUT2D eigenvalue weighted by Crippen LogP contribution is 2.38. The van der Waals surface area contributed by atoms with Crippen molar-refractivity contribution < 1.29 is 19.0 Å². The Morgan fingerprint density at radius 3 is 2.09 bits per heavy atom. The van der Waals surface area contributed by atoms with Crippen LogP contribution in [0.3, 0.4) is 0 Å². The van der Waals surface area contributed by atoms with Crippen molar-refractivity contribution in [3.63, 3.8) is 0 Å². The topological polar surface area (TPSA) is 68.8 Å². The van der Waals surface area contributed by atoms with Gasteiger partial charge in [0.25, 0.3) is 0 Å². The second kappa shape index (κ2) is 8.43. The van der Waals surface area contributed by atoms with Crippen molar-refractivity contribution in [2.75, 3.05) is 21.3 Å². The van der Waals surface area contributed by atoms with Gasteiger partial charge in [0, 0.05) is 6.04 Å². The van der Waals surface area contributed by atoms with Crippen LogP contribution in [0.2, 0.25) is 0 Å². The summed E-state index contributed by atoms with van der Waals surface area (Å²) < 4.78 is 15.8. The molecule has 122 valence electrons. The Bertz CT molecular complexity index is 521. The minimum Gasteiger partial charge on any atom is -0.493 e. The molecule has 0 fully saturated rings. The molecule has 0 aliphatic rings. The molecule has 0 saturated carbocycles. The van der Waals surface area contributed by atoms with Crippen molar-refractivity contribution in [3.05, 3.63) is 17.7 Å². The molecule has 0 aromatic heterocycles. The molecule has 1 aromatic carbocycles. The molecule has 6 nitrogen and oxygen atoms in total. The summed E-state index contributed by atoms with van der Waals surface area (Å²) in [5, 5.41) is 5.90. The van der Waals surface area contributed by atoms with Gasteiger partial charge in [-0.25, -0.2) is 0 Å². The van der Waals surface area contributed by atoms with Crippen LogP contribution in [0.4, 0.5) is 0 Å². The van der Waals surface area contributed by atoms with Crippen LogP contribution in [-0.2, 0) is 11.2 Å². The summed E-state index contributed by atoms with van der Waals surface area (Å²) in [6, 6.07) is 3.63. The number of carbonyl (C=O) groups excluding carboxylic acids is 1. The number of thiocarbonyl (C=S) groups is 1. The molecule has 0 atom stereocenters. The molecule has 0 bridgehead atoms. The second-order valence-corrected chi connectivity index (χ2v) is 5.29. The van der Waals surface area contributed by atoms with E-state index in [1.165, 1.54) is 21.3 Å². The monoisotopic (exact) mass is 326 g/mol. The van der Waals surface area contributed by atoms with Crippen LogP contribution in [0.1, 0.15) is 19.4 Å². The molecule has 2 N–H and O–H groups in total. The Morgan fingerprint density at radius 2 is 1.68 bits per heavy atom. The molecule has 0 aliphatic heterocycles. The number of rotatable bonds is 6. The number of benzene rings is 1. The lowest BCUT2D eigenvalue weighted by Gasteiger charge is -2.15. The van der Waals surface area contributed by atoms with E-state index in [4.69, 9.17) is 26.4 Å². The molecule has 0 unspecified atom stereocenters. The summed E-state index contributed by atoms with van der Waals surface area (Å²) in [5.41, 5.74) is 0.736. The maximum absolute atomic E-state index is 12.0. The number of hydrogen-bond acceptors (Lipinski definition) is 5. The van der Waals surface area contributed by atoms with Crippen LogP contribution in [0.15, 0.2) is 12.1 Å². The first kappa shape index (κ1) is 18.0. The normalized spacial score (nSPS) is 10.1. The zero-order chi connectivity index (χ0) is 16.7. The average molecular weight is 326 g/mol. The summed E-state index contributed by atoms with van der Waals surface area (Å²) in [5.74, 6) is 1.29. The van der Waals surface area contributed by atoms with Crippen molar-refractivity contribution >= 4 is 23.2 Å². The minimum atomic E-state index is -0.215. The quantitative estimate of drug-likeness (QED) is 0.775. The van der Waals surface area contributed by atoms with Gasteiger partial charge in [-0.3, -0.25) is 4.79 Å². The van der Waals surface area contributed by atoms with Crippen molar-refractivity contribution in [2.45, 2.75) is 26.3 Å². The first-order valence-electron chi connectivity index (χ1n) is 6.80. The first-order valence-corrected chi connectivity index (χ1v) is 7.21. The van der Waals surface area contributed by atoms with Crippen molar-refractivity contribution in [3.8, 4) is 17.2 Å². The van der Waals surface area contributed by atoms with E-state index in [1.54, 1.807) is 12.1 Å². The maximum Gasteiger partial charge on any atom is 0.230 e. The molecule has 0 spiro atoms. The lowest BCUT2D eigenvalue weighted by Crippen LogP contribution is -2.42. The van der Waals surface area contributed by atoms with E-state index in [9.17, 15) is 4.79 Å². The number of hydrogen-bond donors (Lipinski definition) is 2. The van der Waals surface area contributed by atoms with E-state index in [1.807, 2.05) is 13.8 Å². The van der Waals surface area contributed by atoms with Gasteiger partial charge in [-0.2, -0.15) is 0 Å². The highest BCUT2D eigenvalue weighted by Gasteiger charge is 2.15. The highest BCUT2D eigenvalue weighted by atomic mass is 32.1. The second-order valence-electron chi connectivity index (χ2n) is 4.89. The van der Waals surface area contributed by atoms with Gasteiger partial charge >= 0.3 is 0 Å². The fraction of sp³-hybridized carbons (Fsp3) is 0.467. The van der Waals surface area contributed by atoms with Gasteiger partial charge in [-0.05, 0) is 43.8 Å². The molecular weight excluding hydrogens is 304 g/mol. The van der Waals surface area contributed by atoms with Gasteiger partial charge in [-0.1, -0.05) is 0 Å². The Balaban J connectivity index is 2.85. The Labute approximate surface area is 136 Å². The molecule has 7 heteroatoms. The first-order chi connectivity index (χ1) is 10.4. The minimum absolute atomic E-state index is 0.149. The third kappa shape index (κ3) is 5.07. The largest absolute Gasteiger partial charge is 0.493 e. The van der Waals surface area contributed by atoms with E-state index in [0.29, 0.717) is 22.4 Å². The van der Waals surface area contributed by atoms with E-state index < -0.39 is 0 Å². The molecule has 0 saturated heterocycles. The van der Waals surface area contributed by atoms with Crippen LogP contribution >= 0.6 is 12.2 Å². The fourth-order valence-corrected chi connectivity index (χ4v) is 2.24. The Kier molecular flexibility index (Phi) is 6.91. The summed E-state index contributed by atoms with van der Waals surface area (Å²) in [4.78, 5) is 12.0. The molecule has 0 aliphatic carbocycles. The summed E-state index contributed by atoms with van der Waals surface area (Å²) in [7, 11) is 4.59. The predicted molar refractivity (Wildman–Crippen MR) is 88.8 cm³/mol. The lowest BCUT2D eigenvalue weighted by molar-refractivity contribution is -0.119. The van der Waals surface area contributed by atoms with E-state index >= 15 is 0 Å². The highest BCUT2D eigenvalue weighted by molar-refractivity contribution is 7.80. The molecule has 1 amide bonds. The number of carbonyl (C=O) groups is 1. The number of amides is 1. The summed E-state index contributed by atoms with van der Waals surface area (Å²) in [6.07, 6.45) is 0.149.